The largest absolute Gasteiger partial charge is 0.487 e. The van der Waals surface area contributed by atoms with Crippen molar-refractivity contribution < 1.29 is 13.5 Å². The first-order chi connectivity index (χ1) is 8.06. The summed E-state index contributed by atoms with van der Waals surface area (Å²) < 4.78 is 32.0. The van der Waals surface area contributed by atoms with Crippen molar-refractivity contribution in [3.05, 3.63) is 23.8 Å². The summed E-state index contributed by atoms with van der Waals surface area (Å²) in [6.07, 6.45) is 1.56. The quantitative estimate of drug-likeness (QED) is 0.806. The Morgan fingerprint density at radius 1 is 1.29 bits per heavy atom. The third kappa shape index (κ3) is 2.85. The van der Waals surface area contributed by atoms with Crippen LogP contribution < -0.4 is 10.5 Å². The molecule has 1 aromatic carbocycles. The Morgan fingerprint density at radius 2 is 1.94 bits per heavy atom. The van der Waals surface area contributed by atoms with Gasteiger partial charge in [-0.1, -0.05) is 0 Å². The second kappa shape index (κ2) is 4.87. The molecule has 94 valence electrons. The predicted octanol–water partition coefficient (Wildman–Crippen LogP) is 2.02. The Labute approximate surface area is 99.2 Å². The van der Waals surface area contributed by atoms with Gasteiger partial charge >= 0.3 is 0 Å². The van der Waals surface area contributed by atoms with Crippen molar-refractivity contribution in [1.82, 2.24) is 4.90 Å². The molecule has 0 aromatic heterocycles. The summed E-state index contributed by atoms with van der Waals surface area (Å²) in [5.41, 5.74) is 5.63. The lowest BCUT2D eigenvalue weighted by Gasteiger charge is -2.29. The first-order valence-electron chi connectivity index (χ1n) is 5.66. The first-order valence-corrected chi connectivity index (χ1v) is 5.66. The Bertz CT molecular complexity index is 404. The molecule has 0 bridgehead atoms. The van der Waals surface area contributed by atoms with Crippen LogP contribution in [0.15, 0.2) is 12.1 Å². The van der Waals surface area contributed by atoms with Gasteiger partial charge in [-0.15, -0.1) is 0 Å². The van der Waals surface area contributed by atoms with E-state index in [0.717, 1.165) is 32.0 Å². The number of likely N-dealkylation sites (tertiary alicyclic amines) is 1. The Kier molecular flexibility index (Phi) is 3.47. The fourth-order valence-corrected chi connectivity index (χ4v) is 1.95. The van der Waals surface area contributed by atoms with Gasteiger partial charge in [-0.25, -0.2) is 4.39 Å². The highest BCUT2D eigenvalue weighted by Gasteiger charge is 2.20. The van der Waals surface area contributed by atoms with Gasteiger partial charge in [-0.3, -0.25) is 0 Å². The summed E-state index contributed by atoms with van der Waals surface area (Å²) in [5, 5.41) is 0. The fourth-order valence-electron chi connectivity index (χ4n) is 1.95. The van der Waals surface area contributed by atoms with Crippen molar-refractivity contribution in [3.8, 4) is 5.75 Å². The average Bonchev–Trinajstić information content (AvgIpc) is 2.28. The molecular weight excluding hydrogens is 226 g/mol. The van der Waals surface area contributed by atoms with Gasteiger partial charge in [-0.05, 0) is 19.9 Å². The van der Waals surface area contributed by atoms with Gasteiger partial charge in [0, 0.05) is 30.9 Å². The van der Waals surface area contributed by atoms with E-state index >= 15 is 0 Å². The molecule has 5 heteroatoms. The highest BCUT2D eigenvalue weighted by molar-refractivity contribution is 5.45. The molecule has 1 aliphatic heterocycles. The zero-order valence-corrected chi connectivity index (χ0v) is 9.75. The lowest BCUT2D eigenvalue weighted by atomic mass is 10.1. The minimum absolute atomic E-state index is 0.0677. The smallest absolute Gasteiger partial charge is 0.200 e. The third-order valence-electron chi connectivity index (χ3n) is 2.98. The van der Waals surface area contributed by atoms with Crippen molar-refractivity contribution in [2.45, 2.75) is 18.9 Å². The van der Waals surface area contributed by atoms with Gasteiger partial charge in [-0.2, -0.15) is 4.39 Å². The van der Waals surface area contributed by atoms with E-state index in [2.05, 4.69) is 4.90 Å². The van der Waals surface area contributed by atoms with E-state index in [0.29, 0.717) is 0 Å². The number of piperidine rings is 1. The number of rotatable bonds is 2. The highest BCUT2D eigenvalue weighted by Crippen LogP contribution is 2.26. The van der Waals surface area contributed by atoms with Gasteiger partial charge in [0.1, 0.15) is 6.10 Å². The molecule has 2 rings (SSSR count). The van der Waals surface area contributed by atoms with Crippen molar-refractivity contribution in [2.75, 3.05) is 25.9 Å². The van der Waals surface area contributed by atoms with Gasteiger partial charge in [0.25, 0.3) is 0 Å². The monoisotopic (exact) mass is 242 g/mol. The lowest BCUT2D eigenvalue weighted by molar-refractivity contribution is 0.109. The van der Waals surface area contributed by atoms with E-state index in [4.69, 9.17) is 10.5 Å². The standard InChI is InChI=1S/C12H16F2N2O/c1-16-4-2-9(3-5-16)17-11-7-8(15)6-10(13)12(11)14/h6-7,9H,2-5,15H2,1H3. The van der Waals surface area contributed by atoms with E-state index in [1.54, 1.807) is 0 Å². The van der Waals surface area contributed by atoms with Crippen molar-refractivity contribution >= 4 is 5.69 Å². The van der Waals surface area contributed by atoms with Crippen LogP contribution in [0.3, 0.4) is 0 Å². The molecule has 1 fully saturated rings. The molecule has 17 heavy (non-hydrogen) atoms. The molecule has 0 aliphatic carbocycles. The summed E-state index contributed by atoms with van der Waals surface area (Å²) >= 11 is 0. The molecule has 2 N–H and O–H groups in total. The van der Waals surface area contributed by atoms with Gasteiger partial charge in [0.05, 0.1) is 0 Å². The molecule has 0 spiro atoms. The number of benzene rings is 1. The number of anilines is 1. The second-order valence-corrected chi connectivity index (χ2v) is 4.44. The molecule has 0 unspecified atom stereocenters. The van der Waals surface area contributed by atoms with E-state index < -0.39 is 11.6 Å². The highest BCUT2D eigenvalue weighted by atomic mass is 19.2. The summed E-state index contributed by atoms with van der Waals surface area (Å²) in [6, 6.07) is 2.29. The number of hydrogen-bond acceptors (Lipinski definition) is 3. The van der Waals surface area contributed by atoms with Crippen LogP contribution in [0.25, 0.3) is 0 Å². The Morgan fingerprint density at radius 3 is 2.59 bits per heavy atom. The second-order valence-electron chi connectivity index (χ2n) is 4.44. The van der Waals surface area contributed by atoms with Crippen LogP contribution in [0.5, 0.6) is 5.75 Å². The minimum Gasteiger partial charge on any atom is -0.487 e. The van der Waals surface area contributed by atoms with Crippen LogP contribution in [0, 0.1) is 11.6 Å². The maximum Gasteiger partial charge on any atom is 0.200 e. The minimum atomic E-state index is -0.965. The number of hydrogen-bond donors (Lipinski definition) is 1. The molecule has 0 saturated carbocycles. The van der Waals surface area contributed by atoms with E-state index in [1.165, 1.54) is 6.07 Å². The average molecular weight is 242 g/mol. The summed E-state index contributed by atoms with van der Waals surface area (Å²) in [5.74, 6) is -2.01. The first kappa shape index (κ1) is 12.1. The van der Waals surface area contributed by atoms with E-state index in [1.807, 2.05) is 7.05 Å². The summed E-state index contributed by atoms with van der Waals surface area (Å²) in [6.45, 7) is 1.80. The molecule has 1 aliphatic rings. The van der Waals surface area contributed by atoms with Crippen LogP contribution in [0.1, 0.15) is 12.8 Å². The number of halogens is 2. The molecule has 1 heterocycles. The normalized spacial score (nSPS) is 18.3. The third-order valence-corrected chi connectivity index (χ3v) is 2.98. The molecule has 1 saturated heterocycles. The number of nitrogens with two attached hydrogens (primary N) is 1. The molecule has 3 nitrogen and oxygen atoms in total. The number of nitrogen functional groups attached to an aromatic ring is 1. The number of ether oxygens (including phenoxy) is 1. The van der Waals surface area contributed by atoms with Gasteiger partial charge in [0.15, 0.2) is 11.6 Å². The maximum atomic E-state index is 13.4. The molecule has 0 amide bonds. The molecule has 0 radical (unpaired) electrons. The van der Waals surface area contributed by atoms with E-state index in [-0.39, 0.29) is 17.5 Å². The van der Waals surface area contributed by atoms with Gasteiger partial charge in [0.2, 0.25) is 5.82 Å². The fraction of sp³-hybridized carbons (Fsp3) is 0.500. The van der Waals surface area contributed by atoms with E-state index in [9.17, 15) is 8.78 Å². The lowest BCUT2D eigenvalue weighted by Crippen LogP contribution is -2.35. The zero-order valence-electron chi connectivity index (χ0n) is 9.75. The van der Waals surface area contributed by atoms with Gasteiger partial charge < -0.3 is 15.4 Å². The van der Waals surface area contributed by atoms with Crippen molar-refractivity contribution in [1.29, 1.82) is 0 Å². The Hall–Kier alpha value is -1.36. The molecular formula is C12H16F2N2O. The zero-order chi connectivity index (χ0) is 12.4. The van der Waals surface area contributed by atoms with Crippen LogP contribution in [-0.4, -0.2) is 31.1 Å². The summed E-state index contributed by atoms with van der Waals surface area (Å²) in [7, 11) is 2.02. The number of nitrogens with zero attached hydrogens (tertiary/aromatic N) is 1. The predicted molar refractivity (Wildman–Crippen MR) is 61.9 cm³/mol. The van der Waals surface area contributed by atoms with Crippen LogP contribution in [0.4, 0.5) is 14.5 Å². The maximum absolute atomic E-state index is 13.4. The van der Waals surface area contributed by atoms with Crippen molar-refractivity contribution in [2.24, 2.45) is 0 Å². The van der Waals surface area contributed by atoms with Crippen LogP contribution in [0.2, 0.25) is 0 Å². The topological polar surface area (TPSA) is 38.5 Å². The Balaban J connectivity index is 2.08. The van der Waals surface area contributed by atoms with Crippen molar-refractivity contribution in [3.63, 3.8) is 0 Å². The molecule has 0 atom stereocenters. The summed E-state index contributed by atoms with van der Waals surface area (Å²) in [4.78, 5) is 2.18. The molecule has 1 aromatic rings. The SMILES string of the molecule is CN1CCC(Oc2cc(N)cc(F)c2F)CC1. The van der Waals surface area contributed by atoms with Crippen LogP contribution >= 0.6 is 0 Å². The van der Waals surface area contributed by atoms with Crippen LogP contribution in [-0.2, 0) is 0 Å².